The molecule has 1 aromatic rings. The van der Waals surface area contributed by atoms with E-state index in [2.05, 4.69) is 15.0 Å². The lowest BCUT2D eigenvalue weighted by Crippen LogP contribution is -2.15. The summed E-state index contributed by atoms with van der Waals surface area (Å²) in [6.07, 6.45) is 1.60. The third-order valence-corrected chi connectivity index (χ3v) is 3.14. The highest BCUT2D eigenvalue weighted by Gasteiger charge is 2.07. The smallest absolute Gasteiger partial charge is 0.233 e. The van der Waals surface area contributed by atoms with Crippen LogP contribution in [0.4, 0.5) is 11.5 Å². The minimum absolute atomic E-state index is 0.0423. The van der Waals surface area contributed by atoms with Gasteiger partial charge in [0.2, 0.25) is 10.0 Å². The average Bonchev–Trinajstić information content (AvgIpc) is 2.20. The number of hydrogen-bond acceptors (Lipinski definition) is 4. The van der Waals surface area contributed by atoms with Gasteiger partial charge in [-0.05, 0) is 32.9 Å². The van der Waals surface area contributed by atoms with Crippen LogP contribution >= 0.6 is 0 Å². The van der Waals surface area contributed by atoms with Crippen LogP contribution in [0.3, 0.4) is 0 Å². The fourth-order valence-electron chi connectivity index (χ4n) is 1.10. The van der Waals surface area contributed by atoms with Gasteiger partial charge in [0, 0.05) is 6.04 Å². The van der Waals surface area contributed by atoms with Gasteiger partial charge in [-0.3, -0.25) is 4.72 Å². The van der Waals surface area contributed by atoms with Crippen molar-refractivity contribution in [1.29, 1.82) is 0 Å². The van der Waals surface area contributed by atoms with Crippen LogP contribution in [0.1, 0.15) is 20.8 Å². The van der Waals surface area contributed by atoms with Gasteiger partial charge in [-0.1, -0.05) is 0 Å². The van der Waals surface area contributed by atoms with E-state index in [1.807, 2.05) is 13.8 Å². The first kappa shape index (κ1) is 12.8. The number of nitrogens with one attached hydrogen (secondary N) is 2. The van der Waals surface area contributed by atoms with Crippen molar-refractivity contribution in [2.24, 2.45) is 0 Å². The van der Waals surface area contributed by atoms with Crippen LogP contribution in [0.15, 0.2) is 18.3 Å². The van der Waals surface area contributed by atoms with Gasteiger partial charge in [0.1, 0.15) is 5.82 Å². The molecule has 0 bridgehead atoms. The van der Waals surface area contributed by atoms with Crippen LogP contribution in [-0.2, 0) is 10.0 Å². The SMILES string of the molecule is CCS(=O)(=O)Nc1ccc(NC(C)C)cn1. The molecular formula is C10H17N3O2S. The minimum Gasteiger partial charge on any atom is -0.382 e. The summed E-state index contributed by atoms with van der Waals surface area (Å²) in [5, 5.41) is 3.17. The molecule has 0 saturated carbocycles. The first-order valence-electron chi connectivity index (χ1n) is 5.16. The van der Waals surface area contributed by atoms with E-state index >= 15 is 0 Å². The summed E-state index contributed by atoms with van der Waals surface area (Å²) in [4.78, 5) is 4.01. The number of hydrogen-bond donors (Lipinski definition) is 2. The molecule has 6 heteroatoms. The second-order valence-electron chi connectivity index (χ2n) is 3.74. The molecule has 1 aromatic heterocycles. The number of sulfonamides is 1. The zero-order chi connectivity index (χ0) is 12.2. The lowest BCUT2D eigenvalue weighted by atomic mass is 10.3. The van der Waals surface area contributed by atoms with Gasteiger partial charge < -0.3 is 5.32 Å². The maximum absolute atomic E-state index is 11.3. The fourth-order valence-corrected chi connectivity index (χ4v) is 1.69. The Balaban J connectivity index is 2.72. The van der Waals surface area contributed by atoms with Gasteiger partial charge in [0.25, 0.3) is 0 Å². The lowest BCUT2D eigenvalue weighted by molar-refractivity contribution is 0.602. The monoisotopic (exact) mass is 243 g/mol. The Bertz CT molecular complexity index is 426. The molecule has 0 fully saturated rings. The molecule has 0 saturated heterocycles. The molecule has 0 amide bonds. The second-order valence-corrected chi connectivity index (χ2v) is 5.75. The minimum atomic E-state index is -3.24. The van der Waals surface area contributed by atoms with E-state index < -0.39 is 10.0 Å². The van der Waals surface area contributed by atoms with Gasteiger partial charge in [-0.25, -0.2) is 13.4 Å². The lowest BCUT2D eigenvalue weighted by Gasteiger charge is -2.10. The highest BCUT2D eigenvalue weighted by molar-refractivity contribution is 7.92. The van der Waals surface area contributed by atoms with Crippen LogP contribution in [-0.4, -0.2) is 25.2 Å². The number of rotatable bonds is 5. The van der Waals surface area contributed by atoms with E-state index in [4.69, 9.17) is 0 Å². The molecule has 1 rings (SSSR count). The molecule has 16 heavy (non-hydrogen) atoms. The molecule has 0 atom stereocenters. The third-order valence-electron chi connectivity index (χ3n) is 1.86. The topological polar surface area (TPSA) is 71.1 Å². The van der Waals surface area contributed by atoms with Gasteiger partial charge >= 0.3 is 0 Å². The van der Waals surface area contributed by atoms with Gasteiger partial charge in [-0.15, -0.1) is 0 Å². The van der Waals surface area contributed by atoms with Crippen LogP contribution in [0.5, 0.6) is 0 Å². The normalized spacial score (nSPS) is 11.5. The predicted molar refractivity (Wildman–Crippen MR) is 66.1 cm³/mol. The quantitative estimate of drug-likeness (QED) is 0.825. The summed E-state index contributed by atoms with van der Waals surface area (Å²) in [7, 11) is -3.24. The molecule has 0 aliphatic heterocycles. The number of pyridine rings is 1. The summed E-state index contributed by atoms with van der Waals surface area (Å²) in [5.74, 6) is 0.386. The summed E-state index contributed by atoms with van der Waals surface area (Å²) in [6, 6.07) is 3.75. The maximum atomic E-state index is 11.3. The van der Waals surface area contributed by atoms with Crippen molar-refractivity contribution in [3.8, 4) is 0 Å². The molecular weight excluding hydrogens is 226 g/mol. The van der Waals surface area contributed by atoms with Gasteiger partial charge in [0.05, 0.1) is 17.6 Å². The molecule has 2 N–H and O–H groups in total. The van der Waals surface area contributed by atoms with E-state index in [1.165, 1.54) is 0 Å². The van der Waals surface area contributed by atoms with E-state index in [-0.39, 0.29) is 5.75 Å². The van der Waals surface area contributed by atoms with Crippen molar-refractivity contribution >= 4 is 21.5 Å². The first-order chi connectivity index (χ1) is 7.43. The van der Waals surface area contributed by atoms with Crippen molar-refractivity contribution in [3.05, 3.63) is 18.3 Å². The van der Waals surface area contributed by atoms with E-state index in [9.17, 15) is 8.42 Å². The first-order valence-corrected chi connectivity index (χ1v) is 6.81. The molecule has 0 unspecified atom stereocenters. The van der Waals surface area contributed by atoms with Crippen LogP contribution in [0, 0.1) is 0 Å². The maximum Gasteiger partial charge on any atom is 0.233 e. The summed E-state index contributed by atoms with van der Waals surface area (Å²) in [6.45, 7) is 5.62. The summed E-state index contributed by atoms with van der Waals surface area (Å²) < 4.78 is 24.9. The van der Waals surface area contributed by atoms with Crippen molar-refractivity contribution in [1.82, 2.24) is 4.98 Å². The second kappa shape index (κ2) is 5.16. The van der Waals surface area contributed by atoms with Crippen LogP contribution < -0.4 is 10.0 Å². The van der Waals surface area contributed by atoms with E-state index in [0.717, 1.165) is 5.69 Å². The molecule has 0 aromatic carbocycles. The highest BCUT2D eigenvalue weighted by Crippen LogP contribution is 2.11. The van der Waals surface area contributed by atoms with Crippen LogP contribution in [0.2, 0.25) is 0 Å². The molecule has 1 heterocycles. The van der Waals surface area contributed by atoms with E-state index in [0.29, 0.717) is 11.9 Å². The molecule has 5 nitrogen and oxygen atoms in total. The largest absolute Gasteiger partial charge is 0.382 e. The zero-order valence-corrected chi connectivity index (χ0v) is 10.5. The fraction of sp³-hybridized carbons (Fsp3) is 0.500. The molecule has 0 spiro atoms. The Morgan fingerprint density at radius 3 is 2.50 bits per heavy atom. The Hall–Kier alpha value is -1.30. The average molecular weight is 243 g/mol. The summed E-state index contributed by atoms with van der Waals surface area (Å²) in [5.41, 5.74) is 0.870. The Morgan fingerprint density at radius 2 is 2.06 bits per heavy atom. The van der Waals surface area contributed by atoms with Crippen molar-refractivity contribution in [3.63, 3.8) is 0 Å². The zero-order valence-electron chi connectivity index (χ0n) is 9.69. The molecule has 0 radical (unpaired) electrons. The predicted octanol–water partition coefficient (Wildman–Crippen LogP) is 1.66. The Kier molecular flexibility index (Phi) is 4.12. The number of nitrogens with zero attached hydrogens (tertiary/aromatic N) is 1. The van der Waals surface area contributed by atoms with Gasteiger partial charge in [0.15, 0.2) is 0 Å². The number of aromatic nitrogens is 1. The molecule has 90 valence electrons. The van der Waals surface area contributed by atoms with Crippen molar-refractivity contribution in [2.75, 3.05) is 15.8 Å². The Morgan fingerprint density at radius 1 is 1.38 bits per heavy atom. The van der Waals surface area contributed by atoms with Crippen molar-refractivity contribution in [2.45, 2.75) is 26.8 Å². The number of anilines is 2. The van der Waals surface area contributed by atoms with Crippen molar-refractivity contribution < 1.29 is 8.42 Å². The molecule has 0 aliphatic carbocycles. The Labute approximate surface area is 96.3 Å². The summed E-state index contributed by atoms with van der Waals surface area (Å²) >= 11 is 0. The van der Waals surface area contributed by atoms with Gasteiger partial charge in [-0.2, -0.15) is 0 Å². The highest BCUT2D eigenvalue weighted by atomic mass is 32.2. The van der Waals surface area contributed by atoms with E-state index in [1.54, 1.807) is 25.3 Å². The van der Waals surface area contributed by atoms with Crippen LogP contribution in [0.25, 0.3) is 0 Å². The third kappa shape index (κ3) is 4.06. The standard InChI is InChI=1S/C10H17N3O2S/c1-4-16(14,15)13-10-6-5-9(7-11-10)12-8(2)3/h5-8,12H,4H2,1-3H3,(H,11,13). The molecule has 0 aliphatic rings.